The number of pyridine rings is 1. The summed E-state index contributed by atoms with van der Waals surface area (Å²) in [5.41, 5.74) is 0.557. The number of carbonyl (C=O) groups excluding carboxylic acids is 1. The van der Waals surface area contributed by atoms with E-state index in [4.69, 9.17) is 4.74 Å². The summed E-state index contributed by atoms with van der Waals surface area (Å²) in [4.78, 5) is 15.4. The normalized spacial score (nSPS) is 20.6. The van der Waals surface area contributed by atoms with Gasteiger partial charge < -0.3 is 15.4 Å². The van der Waals surface area contributed by atoms with Gasteiger partial charge in [0.1, 0.15) is 0 Å². The first kappa shape index (κ1) is 19.2. The van der Waals surface area contributed by atoms with Crippen LogP contribution in [0.4, 0.5) is 26.7 Å². The largest absolute Gasteiger partial charge is 0.471 e. The molecule has 2 rings (SSSR count). The number of hydrogen-bond donors (Lipinski definition) is 2. The third kappa shape index (κ3) is 6.35. The van der Waals surface area contributed by atoms with Gasteiger partial charge in [-0.2, -0.15) is 13.2 Å². The lowest BCUT2D eigenvalue weighted by atomic mass is 9.80. The first-order chi connectivity index (χ1) is 11.5. The van der Waals surface area contributed by atoms with E-state index in [2.05, 4.69) is 15.6 Å². The molecule has 1 heterocycles. The molecule has 0 atom stereocenters. The van der Waals surface area contributed by atoms with E-state index in [1.807, 2.05) is 0 Å². The predicted molar refractivity (Wildman–Crippen MR) is 78.3 cm³/mol. The summed E-state index contributed by atoms with van der Waals surface area (Å²) < 4.78 is 67.4. The molecule has 1 saturated carbocycles. The average Bonchev–Trinajstić information content (AvgIpc) is 2.45. The third-order valence-electron chi connectivity index (χ3n) is 3.66. The summed E-state index contributed by atoms with van der Waals surface area (Å²) in [6.07, 6.45) is -3.14. The Kier molecular flexibility index (Phi) is 5.69. The second-order valence-corrected chi connectivity index (χ2v) is 6.10. The zero-order valence-electron chi connectivity index (χ0n) is 13.4. The molecule has 1 aliphatic rings. The van der Waals surface area contributed by atoms with Gasteiger partial charge in [0.15, 0.2) is 6.61 Å². The van der Waals surface area contributed by atoms with Crippen LogP contribution in [0.5, 0.6) is 5.88 Å². The molecular weight excluding hydrogens is 349 g/mol. The fourth-order valence-corrected chi connectivity index (χ4v) is 2.26. The Morgan fingerprint density at radius 3 is 2.60 bits per heavy atom. The van der Waals surface area contributed by atoms with Crippen molar-refractivity contribution in [3.63, 3.8) is 0 Å². The topological polar surface area (TPSA) is 63.2 Å². The van der Waals surface area contributed by atoms with Gasteiger partial charge in [-0.3, -0.25) is 0 Å². The molecule has 0 bridgehead atoms. The lowest BCUT2D eigenvalue weighted by molar-refractivity contribution is -0.198. The van der Waals surface area contributed by atoms with Gasteiger partial charge in [-0.1, -0.05) is 0 Å². The minimum absolute atomic E-state index is 0.00625. The standard InChI is InChI=1S/C15H18F5N3O2/c1-14(16,17)8-25-12-4-9(2-3-21-12)7-22-13(24)23-11-5-10(6-11)15(18,19)20/h2-4,10-11H,5-8H2,1H3,(H2,22,23,24)/t10-,11-. The maximum Gasteiger partial charge on any atom is 0.391 e. The molecule has 10 heteroatoms. The maximum atomic E-state index is 12.7. The summed E-state index contributed by atoms with van der Waals surface area (Å²) in [6, 6.07) is 1.86. The molecule has 0 spiro atoms. The minimum Gasteiger partial charge on any atom is -0.471 e. The quantitative estimate of drug-likeness (QED) is 0.759. The first-order valence-corrected chi connectivity index (χ1v) is 7.59. The van der Waals surface area contributed by atoms with Gasteiger partial charge >= 0.3 is 12.2 Å². The molecule has 0 radical (unpaired) electrons. The van der Waals surface area contributed by atoms with Gasteiger partial charge in [0.2, 0.25) is 5.88 Å². The highest BCUT2D eigenvalue weighted by Gasteiger charge is 2.48. The van der Waals surface area contributed by atoms with Gasteiger partial charge in [-0.25, -0.2) is 18.6 Å². The van der Waals surface area contributed by atoms with E-state index in [-0.39, 0.29) is 25.3 Å². The van der Waals surface area contributed by atoms with Gasteiger partial charge in [0.25, 0.3) is 5.92 Å². The van der Waals surface area contributed by atoms with Crippen molar-refractivity contribution in [2.45, 2.75) is 44.5 Å². The van der Waals surface area contributed by atoms with Crippen molar-refractivity contribution in [1.82, 2.24) is 15.6 Å². The SMILES string of the molecule is CC(F)(F)COc1cc(CNC(=O)N[C@H]2C[C@H](C(F)(F)F)C2)ccn1. The fraction of sp³-hybridized carbons (Fsp3) is 0.600. The molecule has 1 aliphatic carbocycles. The Balaban J connectivity index is 1.73. The summed E-state index contributed by atoms with van der Waals surface area (Å²) in [6.45, 7) is -0.0470. The number of carbonyl (C=O) groups is 1. The highest BCUT2D eigenvalue weighted by Crippen LogP contribution is 2.40. The molecule has 25 heavy (non-hydrogen) atoms. The molecule has 0 aliphatic heterocycles. The van der Waals surface area contributed by atoms with E-state index >= 15 is 0 Å². The van der Waals surface area contributed by atoms with E-state index in [0.29, 0.717) is 12.5 Å². The molecule has 5 nitrogen and oxygen atoms in total. The van der Waals surface area contributed by atoms with Crippen LogP contribution in [0.3, 0.4) is 0 Å². The zero-order valence-corrected chi connectivity index (χ0v) is 13.4. The van der Waals surface area contributed by atoms with Crippen LogP contribution < -0.4 is 15.4 Å². The molecule has 1 fully saturated rings. The molecule has 2 amide bonds. The van der Waals surface area contributed by atoms with Gasteiger partial charge in [0, 0.05) is 31.8 Å². The highest BCUT2D eigenvalue weighted by atomic mass is 19.4. The van der Waals surface area contributed by atoms with Crippen molar-refractivity contribution < 1.29 is 31.5 Å². The zero-order chi connectivity index (χ0) is 18.7. The van der Waals surface area contributed by atoms with Crippen molar-refractivity contribution in [3.8, 4) is 5.88 Å². The monoisotopic (exact) mass is 367 g/mol. The lowest BCUT2D eigenvalue weighted by Crippen LogP contribution is -2.51. The molecule has 2 N–H and O–H groups in total. The van der Waals surface area contributed by atoms with Crippen molar-refractivity contribution in [1.29, 1.82) is 0 Å². The van der Waals surface area contributed by atoms with Gasteiger partial charge in [-0.05, 0) is 24.5 Å². The number of nitrogens with zero attached hydrogens (tertiary/aromatic N) is 1. The summed E-state index contributed by atoms with van der Waals surface area (Å²) in [7, 11) is 0. The molecule has 0 saturated heterocycles. The lowest BCUT2D eigenvalue weighted by Gasteiger charge is -2.36. The summed E-state index contributed by atoms with van der Waals surface area (Å²) in [5, 5.41) is 4.94. The van der Waals surface area contributed by atoms with E-state index in [9.17, 15) is 26.7 Å². The molecule has 0 aromatic carbocycles. The van der Waals surface area contributed by atoms with E-state index in [0.717, 1.165) is 0 Å². The van der Waals surface area contributed by atoms with Crippen molar-refractivity contribution in [3.05, 3.63) is 23.9 Å². The van der Waals surface area contributed by atoms with E-state index in [1.165, 1.54) is 12.3 Å². The smallest absolute Gasteiger partial charge is 0.391 e. The molecule has 1 aromatic rings. The van der Waals surface area contributed by atoms with Crippen LogP contribution in [-0.4, -0.2) is 35.8 Å². The molecule has 0 unspecified atom stereocenters. The minimum atomic E-state index is -4.22. The third-order valence-corrected chi connectivity index (χ3v) is 3.66. The number of aromatic nitrogens is 1. The Bertz CT molecular complexity index is 598. The van der Waals surface area contributed by atoms with Crippen LogP contribution in [0.15, 0.2) is 18.3 Å². The second-order valence-electron chi connectivity index (χ2n) is 6.10. The van der Waals surface area contributed by atoms with E-state index < -0.39 is 36.7 Å². The Morgan fingerprint density at radius 1 is 1.32 bits per heavy atom. The van der Waals surface area contributed by atoms with Crippen LogP contribution in [0, 0.1) is 5.92 Å². The number of nitrogens with one attached hydrogen (secondary N) is 2. The number of alkyl halides is 5. The molecule has 140 valence electrons. The number of rotatable bonds is 6. The van der Waals surface area contributed by atoms with E-state index in [1.54, 1.807) is 6.07 Å². The number of ether oxygens (including phenoxy) is 1. The second kappa shape index (κ2) is 7.40. The van der Waals surface area contributed by atoms with Crippen LogP contribution in [0.25, 0.3) is 0 Å². The fourth-order valence-electron chi connectivity index (χ4n) is 2.26. The summed E-state index contributed by atoms with van der Waals surface area (Å²) in [5.74, 6) is -4.37. The first-order valence-electron chi connectivity index (χ1n) is 7.59. The summed E-state index contributed by atoms with van der Waals surface area (Å²) >= 11 is 0. The van der Waals surface area contributed by atoms with Crippen LogP contribution >= 0.6 is 0 Å². The Labute approximate surface area is 140 Å². The van der Waals surface area contributed by atoms with Crippen molar-refractivity contribution >= 4 is 6.03 Å². The maximum absolute atomic E-state index is 12.7. The van der Waals surface area contributed by atoms with Gasteiger partial charge in [-0.15, -0.1) is 0 Å². The van der Waals surface area contributed by atoms with Crippen molar-refractivity contribution in [2.24, 2.45) is 5.92 Å². The number of halogens is 5. The number of urea groups is 1. The van der Waals surface area contributed by atoms with Crippen LogP contribution in [0.1, 0.15) is 25.3 Å². The van der Waals surface area contributed by atoms with Crippen molar-refractivity contribution in [2.75, 3.05) is 6.61 Å². The predicted octanol–water partition coefficient (Wildman–Crippen LogP) is 3.26. The highest BCUT2D eigenvalue weighted by molar-refractivity contribution is 5.74. The van der Waals surface area contributed by atoms with Gasteiger partial charge in [0.05, 0.1) is 5.92 Å². The van der Waals surface area contributed by atoms with Crippen LogP contribution in [-0.2, 0) is 6.54 Å². The Hall–Kier alpha value is -2.13. The average molecular weight is 367 g/mol. The Morgan fingerprint density at radius 2 is 2.00 bits per heavy atom. The van der Waals surface area contributed by atoms with Crippen LogP contribution in [0.2, 0.25) is 0 Å². The molecule has 1 aromatic heterocycles. The number of amides is 2. The number of hydrogen-bond acceptors (Lipinski definition) is 3. The molecular formula is C15H18F5N3O2.